The maximum Gasteiger partial charge on any atom is 0.261 e. The third-order valence-corrected chi connectivity index (χ3v) is 4.26. The minimum atomic E-state index is -0.191. The van der Waals surface area contributed by atoms with Gasteiger partial charge in [0.15, 0.2) is 0 Å². The number of hydrogen-bond acceptors (Lipinski definition) is 4. The second-order valence-corrected chi connectivity index (χ2v) is 5.70. The summed E-state index contributed by atoms with van der Waals surface area (Å²) < 4.78 is 1.36. The van der Waals surface area contributed by atoms with E-state index in [1.165, 1.54) is 10.9 Å². The maximum atomic E-state index is 12.4. The molecule has 2 heterocycles. The first-order chi connectivity index (χ1) is 10.7. The molecule has 0 saturated carbocycles. The number of carbonyl (C=O) groups excluding carboxylic acids is 1. The van der Waals surface area contributed by atoms with Crippen molar-refractivity contribution in [3.8, 4) is 0 Å². The van der Waals surface area contributed by atoms with Crippen molar-refractivity contribution in [3.63, 3.8) is 0 Å². The standard InChI is InChI=1S/C16H19N3O3/c20-10-12-5-7-18(8-6-12)15(21)9-19-11-17-14-4-2-1-3-13(14)16(19)22/h1-4,11-12,20H,5-10H2. The van der Waals surface area contributed by atoms with E-state index in [4.69, 9.17) is 5.11 Å². The number of likely N-dealkylation sites (tertiary alicyclic amines) is 1. The Bertz CT molecular complexity index is 733. The van der Waals surface area contributed by atoms with Crippen LogP contribution < -0.4 is 5.56 Å². The summed E-state index contributed by atoms with van der Waals surface area (Å²) in [5.74, 6) is 0.213. The fourth-order valence-corrected chi connectivity index (χ4v) is 2.83. The van der Waals surface area contributed by atoms with Crippen molar-refractivity contribution >= 4 is 16.8 Å². The Labute approximate surface area is 128 Å². The highest BCUT2D eigenvalue weighted by Crippen LogP contribution is 2.16. The van der Waals surface area contributed by atoms with Crippen LogP contribution in [0.3, 0.4) is 0 Å². The summed E-state index contributed by atoms with van der Waals surface area (Å²) in [6.45, 7) is 1.47. The van der Waals surface area contributed by atoms with Crippen LogP contribution in [0.5, 0.6) is 0 Å². The summed E-state index contributed by atoms with van der Waals surface area (Å²) in [5, 5.41) is 9.66. The first kappa shape index (κ1) is 14.7. The average Bonchev–Trinajstić information content (AvgIpc) is 2.57. The van der Waals surface area contributed by atoms with E-state index >= 15 is 0 Å². The zero-order valence-corrected chi connectivity index (χ0v) is 12.3. The molecule has 2 aromatic rings. The molecule has 1 amide bonds. The third-order valence-electron chi connectivity index (χ3n) is 4.26. The van der Waals surface area contributed by atoms with Crippen molar-refractivity contribution < 1.29 is 9.90 Å². The number of aromatic nitrogens is 2. The van der Waals surface area contributed by atoms with Crippen LogP contribution in [0.15, 0.2) is 35.4 Å². The van der Waals surface area contributed by atoms with Crippen molar-refractivity contribution in [1.29, 1.82) is 0 Å². The van der Waals surface area contributed by atoms with Gasteiger partial charge in [0.05, 0.1) is 17.2 Å². The highest BCUT2D eigenvalue weighted by molar-refractivity contribution is 5.79. The Balaban J connectivity index is 1.75. The van der Waals surface area contributed by atoms with E-state index in [2.05, 4.69) is 4.98 Å². The number of aliphatic hydroxyl groups excluding tert-OH is 1. The molecular formula is C16H19N3O3. The lowest BCUT2D eigenvalue weighted by Gasteiger charge is -2.31. The van der Waals surface area contributed by atoms with E-state index < -0.39 is 0 Å². The molecule has 1 aliphatic rings. The summed E-state index contributed by atoms with van der Waals surface area (Å²) >= 11 is 0. The van der Waals surface area contributed by atoms with Crippen LogP contribution in [0.25, 0.3) is 10.9 Å². The molecule has 0 aliphatic carbocycles. The Morgan fingerprint density at radius 2 is 2.00 bits per heavy atom. The molecule has 0 spiro atoms. The average molecular weight is 301 g/mol. The number of benzene rings is 1. The predicted molar refractivity (Wildman–Crippen MR) is 82.4 cm³/mol. The van der Waals surface area contributed by atoms with Crippen molar-refractivity contribution in [2.75, 3.05) is 19.7 Å². The molecule has 6 heteroatoms. The second kappa shape index (κ2) is 6.27. The van der Waals surface area contributed by atoms with Gasteiger partial charge in [0.1, 0.15) is 6.54 Å². The van der Waals surface area contributed by atoms with Crippen molar-refractivity contribution in [2.24, 2.45) is 5.92 Å². The Morgan fingerprint density at radius 3 is 2.73 bits per heavy atom. The van der Waals surface area contributed by atoms with E-state index in [0.29, 0.717) is 24.0 Å². The highest BCUT2D eigenvalue weighted by Gasteiger charge is 2.22. The lowest BCUT2D eigenvalue weighted by Crippen LogP contribution is -2.42. The van der Waals surface area contributed by atoms with E-state index in [1.807, 2.05) is 6.07 Å². The van der Waals surface area contributed by atoms with Gasteiger partial charge in [0, 0.05) is 19.7 Å². The molecule has 1 fully saturated rings. The summed E-state index contributed by atoms with van der Waals surface area (Å²) in [6, 6.07) is 7.12. The number of nitrogens with zero attached hydrogens (tertiary/aromatic N) is 3. The van der Waals surface area contributed by atoms with Gasteiger partial charge in [0.2, 0.25) is 5.91 Å². The van der Waals surface area contributed by atoms with Gasteiger partial charge in [-0.1, -0.05) is 12.1 Å². The van der Waals surface area contributed by atoms with Gasteiger partial charge in [0.25, 0.3) is 5.56 Å². The minimum absolute atomic E-state index is 0.0143. The Kier molecular flexibility index (Phi) is 4.20. The van der Waals surface area contributed by atoms with Gasteiger partial charge in [-0.25, -0.2) is 4.98 Å². The van der Waals surface area contributed by atoms with Gasteiger partial charge in [-0.15, -0.1) is 0 Å². The second-order valence-electron chi connectivity index (χ2n) is 5.70. The quantitative estimate of drug-likeness (QED) is 0.902. The lowest BCUT2D eigenvalue weighted by molar-refractivity contribution is -0.133. The number of fused-ring (bicyclic) bond motifs is 1. The number of amides is 1. The zero-order valence-electron chi connectivity index (χ0n) is 12.3. The summed E-state index contributed by atoms with van der Waals surface area (Å²) in [4.78, 5) is 30.7. The van der Waals surface area contributed by atoms with Gasteiger partial charge in [-0.05, 0) is 30.9 Å². The largest absolute Gasteiger partial charge is 0.396 e. The van der Waals surface area contributed by atoms with E-state index in [0.717, 1.165) is 12.8 Å². The van der Waals surface area contributed by atoms with Gasteiger partial charge in [-0.2, -0.15) is 0 Å². The van der Waals surface area contributed by atoms with Crippen LogP contribution >= 0.6 is 0 Å². The van der Waals surface area contributed by atoms with Crippen LogP contribution in [-0.2, 0) is 11.3 Å². The number of para-hydroxylation sites is 1. The highest BCUT2D eigenvalue weighted by atomic mass is 16.3. The molecule has 0 unspecified atom stereocenters. The third kappa shape index (κ3) is 2.87. The first-order valence-corrected chi connectivity index (χ1v) is 7.52. The van der Waals surface area contributed by atoms with Crippen molar-refractivity contribution in [3.05, 3.63) is 40.9 Å². The Morgan fingerprint density at radius 1 is 1.27 bits per heavy atom. The molecular weight excluding hydrogens is 282 g/mol. The molecule has 1 aromatic carbocycles. The molecule has 3 rings (SSSR count). The van der Waals surface area contributed by atoms with Crippen LogP contribution in [0.2, 0.25) is 0 Å². The number of aliphatic hydroxyl groups is 1. The zero-order chi connectivity index (χ0) is 15.5. The number of carbonyl (C=O) groups is 1. The van der Waals surface area contributed by atoms with E-state index in [-0.39, 0.29) is 30.5 Å². The SMILES string of the molecule is O=C(Cn1cnc2ccccc2c1=O)N1CCC(CO)CC1. The minimum Gasteiger partial charge on any atom is -0.396 e. The molecule has 0 radical (unpaired) electrons. The normalized spacial score (nSPS) is 16.1. The fraction of sp³-hybridized carbons (Fsp3) is 0.438. The molecule has 1 aromatic heterocycles. The van der Waals surface area contributed by atoms with Crippen molar-refractivity contribution in [2.45, 2.75) is 19.4 Å². The molecule has 22 heavy (non-hydrogen) atoms. The Hall–Kier alpha value is -2.21. The maximum absolute atomic E-state index is 12.4. The number of piperidine rings is 1. The van der Waals surface area contributed by atoms with Crippen LogP contribution in [-0.4, -0.2) is 45.2 Å². The number of rotatable bonds is 3. The fourth-order valence-electron chi connectivity index (χ4n) is 2.83. The van der Waals surface area contributed by atoms with Gasteiger partial charge < -0.3 is 10.0 Å². The first-order valence-electron chi connectivity index (χ1n) is 7.52. The monoisotopic (exact) mass is 301 g/mol. The van der Waals surface area contributed by atoms with Gasteiger partial charge in [-0.3, -0.25) is 14.2 Å². The van der Waals surface area contributed by atoms with E-state index in [1.54, 1.807) is 23.1 Å². The summed E-state index contributed by atoms with van der Waals surface area (Å²) in [5.41, 5.74) is 0.448. The summed E-state index contributed by atoms with van der Waals surface area (Å²) in [7, 11) is 0. The molecule has 1 N–H and O–H groups in total. The number of hydrogen-bond donors (Lipinski definition) is 1. The lowest BCUT2D eigenvalue weighted by atomic mass is 9.98. The van der Waals surface area contributed by atoms with Crippen LogP contribution in [0.4, 0.5) is 0 Å². The van der Waals surface area contributed by atoms with Crippen LogP contribution in [0, 0.1) is 5.92 Å². The summed E-state index contributed by atoms with van der Waals surface area (Å²) in [6.07, 6.45) is 3.06. The topological polar surface area (TPSA) is 75.4 Å². The predicted octanol–water partition coefficient (Wildman–Crippen LogP) is 0.627. The van der Waals surface area contributed by atoms with Crippen LogP contribution in [0.1, 0.15) is 12.8 Å². The molecule has 6 nitrogen and oxygen atoms in total. The molecule has 116 valence electrons. The van der Waals surface area contributed by atoms with E-state index in [9.17, 15) is 9.59 Å². The molecule has 1 saturated heterocycles. The molecule has 0 bridgehead atoms. The van der Waals surface area contributed by atoms with Crippen molar-refractivity contribution in [1.82, 2.24) is 14.5 Å². The van der Waals surface area contributed by atoms with Gasteiger partial charge >= 0.3 is 0 Å². The molecule has 1 aliphatic heterocycles. The molecule has 0 atom stereocenters. The smallest absolute Gasteiger partial charge is 0.261 e.